The van der Waals surface area contributed by atoms with E-state index in [2.05, 4.69) is 15.4 Å². The molecule has 1 heterocycles. The number of ether oxygens (including phenoxy) is 1. The van der Waals surface area contributed by atoms with Gasteiger partial charge in [-0.2, -0.15) is 0 Å². The lowest BCUT2D eigenvalue weighted by Gasteiger charge is -2.12. The maximum absolute atomic E-state index is 12.0. The molecule has 5 N–H and O–H groups in total. The van der Waals surface area contributed by atoms with Crippen LogP contribution < -0.4 is 21.7 Å². The Kier molecular flexibility index (Phi) is 4.34. The molecule has 1 aromatic carbocycles. The summed E-state index contributed by atoms with van der Waals surface area (Å²) >= 11 is 0. The van der Waals surface area contributed by atoms with Crippen LogP contribution in [0.1, 0.15) is 23.0 Å². The third-order valence-electron chi connectivity index (χ3n) is 2.88. The normalized spacial score (nSPS) is 10.2. The minimum absolute atomic E-state index is 0.0953. The second-order valence-electron chi connectivity index (χ2n) is 4.33. The van der Waals surface area contributed by atoms with Crippen molar-refractivity contribution in [3.05, 3.63) is 35.5 Å². The van der Waals surface area contributed by atoms with E-state index in [4.69, 9.17) is 16.3 Å². The molecule has 0 radical (unpaired) electrons. The van der Waals surface area contributed by atoms with Crippen molar-refractivity contribution in [2.45, 2.75) is 13.8 Å². The van der Waals surface area contributed by atoms with Crippen molar-refractivity contribution in [2.24, 2.45) is 5.84 Å². The van der Waals surface area contributed by atoms with Gasteiger partial charge in [-0.05, 0) is 26.0 Å². The summed E-state index contributed by atoms with van der Waals surface area (Å²) in [5, 5.41) is 0. The number of nitrogens with one attached hydrogen (secondary N) is 1. The van der Waals surface area contributed by atoms with Crippen LogP contribution in [0.3, 0.4) is 0 Å². The number of hydrogen-bond acceptors (Lipinski definition) is 6. The van der Waals surface area contributed by atoms with Crippen LogP contribution in [-0.4, -0.2) is 22.5 Å². The molecule has 21 heavy (non-hydrogen) atoms. The van der Waals surface area contributed by atoms with Gasteiger partial charge in [0.25, 0.3) is 5.91 Å². The SMILES string of the molecule is CCOc1cccc(-c2nc(N)nc(C)c2C(=O)NN)c1. The molecule has 0 bridgehead atoms. The lowest BCUT2D eigenvalue weighted by Crippen LogP contribution is -2.31. The van der Waals surface area contributed by atoms with E-state index in [1.54, 1.807) is 13.0 Å². The number of nitrogens with zero attached hydrogens (tertiary/aromatic N) is 2. The molecular weight excluding hydrogens is 270 g/mol. The average Bonchev–Trinajstić information content (AvgIpc) is 2.46. The number of amides is 1. The standard InChI is InChI=1S/C14H17N5O2/c1-3-21-10-6-4-5-9(7-10)12-11(13(20)19-16)8(2)17-14(15)18-12/h4-7H,3,16H2,1-2H3,(H,19,20)(H2,15,17,18). The van der Waals surface area contributed by atoms with Gasteiger partial charge in [0.15, 0.2) is 0 Å². The Morgan fingerprint density at radius 1 is 1.38 bits per heavy atom. The molecule has 2 aromatic rings. The van der Waals surface area contributed by atoms with Crippen molar-refractivity contribution in [3.8, 4) is 17.0 Å². The molecule has 0 aliphatic rings. The van der Waals surface area contributed by atoms with Gasteiger partial charge in [-0.25, -0.2) is 15.8 Å². The Morgan fingerprint density at radius 2 is 2.14 bits per heavy atom. The first-order valence-electron chi connectivity index (χ1n) is 6.45. The quantitative estimate of drug-likeness (QED) is 0.439. The number of carbonyl (C=O) groups is 1. The van der Waals surface area contributed by atoms with Crippen LogP contribution in [-0.2, 0) is 0 Å². The maximum Gasteiger partial charge on any atom is 0.269 e. The molecule has 1 aromatic heterocycles. The predicted molar refractivity (Wildman–Crippen MR) is 79.4 cm³/mol. The number of anilines is 1. The summed E-state index contributed by atoms with van der Waals surface area (Å²) in [5.74, 6) is 5.54. The van der Waals surface area contributed by atoms with E-state index >= 15 is 0 Å². The number of benzene rings is 1. The molecule has 0 saturated heterocycles. The second-order valence-corrected chi connectivity index (χ2v) is 4.33. The summed E-state index contributed by atoms with van der Waals surface area (Å²) in [5.41, 5.74) is 9.67. The van der Waals surface area contributed by atoms with Crippen LogP contribution in [0.2, 0.25) is 0 Å². The predicted octanol–water partition coefficient (Wildman–Crippen LogP) is 1.04. The molecule has 0 unspecified atom stereocenters. The first-order valence-corrected chi connectivity index (χ1v) is 6.45. The maximum atomic E-state index is 12.0. The summed E-state index contributed by atoms with van der Waals surface area (Å²) < 4.78 is 5.46. The van der Waals surface area contributed by atoms with Crippen LogP contribution in [0.15, 0.2) is 24.3 Å². The van der Waals surface area contributed by atoms with Crippen LogP contribution in [0.5, 0.6) is 5.75 Å². The fourth-order valence-corrected chi connectivity index (χ4v) is 2.05. The lowest BCUT2D eigenvalue weighted by molar-refractivity contribution is 0.0953. The molecule has 7 heteroatoms. The van der Waals surface area contributed by atoms with Gasteiger partial charge in [0.2, 0.25) is 5.95 Å². The summed E-state index contributed by atoms with van der Waals surface area (Å²) in [6, 6.07) is 7.25. The van der Waals surface area contributed by atoms with Gasteiger partial charge in [0.1, 0.15) is 5.75 Å². The van der Waals surface area contributed by atoms with Gasteiger partial charge >= 0.3 is 0 Å². The number of nitrogen functional groups attached to an aromatic ring is 2. The number of hydrogen-bond donors (Lipinski definition) is 3. The molecule has 2 rings (SSSR count). The Morgan fingerprint density at radius 3 is 2.81 bits per heavy atom. The fourth-order valence-electron chi connectivity index (χ4n) is 2.05. The smallest absolute Gasteiger partial charge is 0.269 e. The van der Waals surface area contributed by atoms with Crippen LogP contribution in [0, 0.1) is 6.92 Å². The Bertz CT molecular complexity index is 672. The summed E-state index contributed by atoms with van der Waals surface area (Å²) in [7, 11) is 0. The Balaban J connectivity index is 2.62. The van der Waals surface area contributed by atoms with E-state index in [9.17, 15) is 4.79 Å². The van der Waals surface area contributed by atoms with Crippen molar-refractivity contribution >= 4 is 11.9 Å². The largest absolute Gasteiger partial charge is 0.494 e. The minimum Gasteiger partial charge on any atom is -0.494 e. The number of hydrazine groups is 1. The average molecular weight is 287 g/mol. The number of carbonyl (C=O) groups excluding carboxylic acids is 1. The number of aromatic nitrogens is 2. The Labute approximate surface area is 122 Å². The van der Waals surface area contributed by atoms with Crippen molar-refractivity contribution in [3.63, 3.8) is 0 Å². The Hall–Kier alpha value is -2.67. The highest BCUT2D eigenvalue weighted by Crippen LogP contribution is 2.27. The molecule has 0 aliphatic heterocycles. The number of nitrogens with two attached hydrogens (primary N) is 2. The van der Waals surface area contributed by atoms with Gasteiger partial charge in [-0.3, -0.25) is 10.2 Å². The van der Waals surface area contributed by atoms with E-state index in [1.807, 2.05) is 25.1 Å². The molecule has 110 valence electrons. The monoisotopic (exact) mass is 287 g/mol. The van der Waals surface area contributed by atoms with Gasteiger partial charge in [0.05, 0.1) is 23.6 Å². The molecule has 7 nitrogen and oxygen atoms in total. The summed E-state index contributed by atoms with van der Waals surface area (Å²) in [6.45, 7) is 4.12. The zero-order valence-corrected chi connectivity index (χ0v) is 11.9. The van der Waals surface area contributed by atoms with Crippen LogP contribution in [0.4, 0.5) is 5.95 Å². The van der Waals surface area contributed by atoms with E-state index < -0.39 is 5.91 Å². The third-order valence-corrected chi connectivity index (χ3v) is 2.88. The van der Waals surface area contributed by atoms with Gasteiger partial charge in [-0.15, -0.1) is 0 Å². The highest BCUT2D eigenvalue weighted by atomic mass is 16.5. The van der Waals surface area contributed by atoms with Gasteiger partial charge in [0, 0.05) is 5.56 Å². The summed E-state index contributed by atoms with van der Waals surface area (Å²) in [6.07, 6.45) is 0. The third kappa shape index (κ3) is 3.09. The van der Waals surface area contributed by atoms with Crippen molar-refractivity contribution < 1.29 is 9.53 Å². The highest BCUT2D eigenvalue weighted by Gasteiger charge is 2.19. The number of rotatable bonds is 4. The molecule has 0 aliphatic carbocycles. The van der Waals surface area contributed by atoms with Crippen LogP contribution >= 0.6 is 0 Å². The molecular formula is C14H17N5O2. The van der Waals surface area contributed by atoms with E-state index in [0.717, 1.165) is 0 Å². The van der Waals surface area contributed by atoms with Crippen molar-refractivity contribution in [1.82, 2.24) is 15.4 Å². The van der Waals surface area contributed by atoms with Gasteiger partial charge < -0.3 is 10.5 Å². The number of aryl methyl sites for hydroxylation is 1. The fraction of sp³-hybridized carbons (Fsp3) is 0.214. The van der Waals surface area contributed by atoms with E-state index in [0.29, 0.717) is 34.9 Å². The highest BCUT2D eigenvalue weighted by molar-refractivity contribution is 6.00. The lowest BCUT2D eigenvalue weighted by atomic mass is 10.0. The first kappa shape index (κ1) is 14.7. The van der Waals surface area contributed by atoms with E-state index in [-0.39, 0.29) is 5.95 Å². The minimum atomic E-state index is -0.468. The molecule has 0 saturated carbocycles. The van der Waals surface area contributed by atoms with Crippen molar-refractivity contribution in [1.29, 1.82) is 0 Å². The van der Waals surface area contributed by atoms with Gasteiger partial charge in [-0.1, -0.05) is 12.1 Å². The molecule has 1 amide bonds. The second kappa shape index (κ2) is 6.19. The molecule has 0 fully saturated rings. The summed E-state index contributed by atoms with van der Waals surface area (Å²) in [4.78, 5) is 20.1. The first-order chi connectivity index (χ1) is 10.1. The molecule has 0 spiro atoms. The van der Waals surface area contributed by atoms with Crippen LogP contribution in [0.25, 0.3) is 11.3 Å². The van der Waals surface area contributed by atoms with E-state index in [1.165, 1.54) is 0 Å². The van der Waals surface area contributed by atoms with Crippen molar-refractivity contribution in [2.75, 3.05) is 12.3 Å². The molecule has 0 atom stereocenters. The topological polar surface area (TPSA) is 116 Å². The zero-order chi connectivity index (χ0) is 15.4. The zero-order valence-electron chi connectivity index (χ0n) is 11.9.